The number of carbonyl (C=O) groups is 2. The van der Waals surface area contributed by atoms with Crippen LogP contribution in [0.1, 0.15) is 20.3 Å². The third-order valence-electron chi connectivity index (χ3n) is 2.32. The first kappa shape index (κ1) is 17.2. The van der Waals surface area contributed by atoms with E-state index in [1.54, 1.807) is 0 Å². The molecule has 0 spiro atoms. The van der Waals surface area contributed by atoms with Gasteiger partial charge in [0.05, 0.1) is 6.61 Å². The molecule has 0 aromatic heterocycles. The Hall–Kier alpha value is -0.850. The zero-order valence-electron chi connectivity index (χ0n) is 10.8. The molecule has 2 amide bonds. The lowest BCUT2D eigenvalue weighted by atomic mass is 10.2. The van der Waals surface area contributed by atoms with Gasteiger partial charge in [0.25, 0.3) is 0 Å². The van der Waals surface area contributed by atoms with E-state index in [0.29, 0.717) is 26.1 Å². The Kier molecular flexibility index (Phi) is 8.70. The number of halogens is 1. The molecule has 18 heavy (non-hydrogen) atoms. The van der Waals surface area contributed by atoms with Gasteiger partial charge in [-0.15, -0.1) is 12.4 Å². The molecule has 3 N–H and O–H groups in total. The van der Waals surface area contributed by atoms with Crippen molar-refractivity contribution in [3.8, 4) is 0 Å². The van der Waals surface area contributed by atoms with Gasteiger partial charge >= 0.3 is 0 Å². The van der Waals surface area contributed by atoms with Crippen molar-refractivity contribution in [1.29, 1.82) is 0 Å². The maximum Gasteiger partial charge on any atom is 0.250 e. The lowest BCUT2D eigenvalue weighted by Crippen LogP contribution is -2.48. The summed E-state index contributed by atoms with van der Waals surface area (Å²) >= 11 is 0. The molecule has 1 heterocycles. The summed E-state index contributed by atoms with van der Waals surface area (Å²) in [5, 5.41) is 8.53. The van der Waals surface area contributed by atoms with Crippen LogP contribution in [0, 0.1) is 0 Å². The molecule has 0 bridgehead atoms. The number of ether oxygens (including phenoxy) is 1. The molecule has 6 nitrogen and oxygen atoms in total. The van der Waals surface area contributed by atoms with E-state index < -0.39 is 6.10 Å². The standard InChI is InChI=1S/C11H21N3O3.ClH/c1-8(2)14-10(15)3-4-13-11(16)9-7-12-5-6-17-9;/h8-9,12H,3-7H2,1-2H3,(H,13,16)(H,14,15);1H. The normalized spacial score (nSPS) is 18.9. The Morgan fingerprint density at radius 2 is 2.17 bits per heavy atom. The van der Waals surface area contributed by atoms with Crippen LogP contribution in [-0.4, -0.2) is 50.2 Å². The van der Waals surface area contributed by atoms with Gasteiger partial charge < -0.3 is 20.7 Å². The first-order valence-electron chi connectivity index (χ1n) is 5.99. The van der Waals surface area contributed by atoms with Crippen molar-refractivity contribution in [2.75, 3.05) is 26.2 Å². The third kappa shape index (κ3) is 6.78. The van der Waals surface area contributed by atoms with Gasteiger partial charge in [-0.25, -0.2) is 0 Å². The van der Waals surface area contributed by atoms with Crippen LogP contribution in [0.4, 0.5) is 0 Å². The van der Waals surface area contributed by atoms with Crippen LogP contribution < -0.4 is 16.0 Å². The molecule has 0 aliphatic carbocycles. The smallest absolute Gasteiger partial charge is 0.250 e. The average Bonchev–Trinajstić information content (AvgIpc) is 2.29. The van der Waals surface area contributed by atoms with E-state index in [9.17, 15) is 9.59 Å². The molecular formula is C11H22ClN3O3. The molecule has 0 aromatic carbocycles. The van der Waals surface area contributed by atoms with Crippen LogP contribution in [-0.2, 0) is 14.3 Å². The second kappa shape index (κ2) is 9.13. The molecule has 1 rings (SSSR count). The number of morpholine rings is 1. The molecule has 1 aliphatic heterocycles. The van der Waals surface area contributed by atoms with Gasteiger partial charge in [-0.05, 0) is 13.8 Å². The molecular weight excluding hydrogens is 258 g/mol. The first-order valence-corrected chi connectivity index (χ1v) is 5.99. The molecule has 0 aromatic rings. The van der Waals surface area contributed by atoms with E-state index in [0.717, 1.165) is 6.54 Å². The van der Waals surface area contributed by atoms with Crippen molar-refractivity contribution in [1.82, 2.24) is 16.0 Å². The summed E-state index contributed by atoms with van der Waals surface area (Å²) < 4.78 is 5.29. The highest BCUT2D eigenvalue weighted by Gasteiger charge is 2.21. The van der Waals surface area contributed by atoms with E-state index >= 15 is 0 Å². The van der Waals surface area contributed by atoms with Crippen molar-refractivity contribution in [2.45, 2.75) is 32.4 Å². The topological polar surface area (TPSA) is 79.5 Å². The summed E-state index contributed by atoms with van der Waals surface area (Å²) in [6.45, 7) is 6.00. The number of hydrogen-bond donors (Lipinski definition) is 3. The third-order valence-corrected chi connectivity index (χ3v) is 2.32. The van der Waals surface area contributed by atoms with Crippen molar-refractivity contribution >= 4 is 24.2 Å². The fourth-order valence-electron chi connectivity index (χ4n) is 1.54. The molecule has 7 heteroatoms. The highest BCUT2D eigenvalue weighted by molar-refractivity contribution is 5.85. The van der Waals surface area contributed by atoms with E-state index in [2.05, 4.69) is 16.0 Å². The largest absolute Gasteiger partial charge is 0.366 e. The molecule has 1 fully saturated rings. The minimum absolute atomic E-state index is 0. The van der Waals surface area contributed by atoms with Crippen molar-refractivity contribution in [3.63, 3.8) is 0 Å². The lowest BCUT2D eigenvalue weighted by Gasteiger charge is -2.22. The fourth-order valence-corrected chi connectivity index (χ4v) is 1.54. The molecule has 0 radical (unpaired) electrons. The van der Waals surface area contributed by atoms with Gasteiger partial charge in [-0.1, -0.05) is 0 Å². The predicted octanol–water partition coefficient (Wildman–Crippen LogP) is -0.572. The summed E-state index contributed by atoms with van der Waals surface area (Å²) in [6.07, 6.45) is -0.138. The highest BCUT2D eigenvalue weighted by Crippen LogP contribution is 1.95. The maximum absolute atomic E-state index is 11.6. The van der Waals surface area contributed by atoms with Gasteiger partial charge in [0.15, 0.2) is 0 Å². The fraction of sp³-hybridized carbons (Fsp3) is 0.818. The van der Waals surface area contributed by atoms with Crippen LogP contribution >= 0.6 is 12.4 Å². The Morgan fingerprint density at radius 3 is 2.72 bits per heavy atom. The summed E-state index contributed by atoms with van der Waals surface area (Å²) in [4.78, 5) is 22.9. The van der Waals surface area contributed by atoms with E-state index in [4.69, 9.17) is 4.74 Å². The van der Waals surface area contributed by atoms with Gasteiger partial charge in [0.2, 0.25) is 11.8 Å². The van der Waals surface area contributed by atoms with Crippen LogP contribution in [0.15, 0.2) is 0 Å². The molecule has 1 saturated heterocycles. The number of hydrogen-bond acceptors (Lipinski definition) is 4. The van der Waals surface area contributed by atoms with Gasteiger partial charge in [-0.2, -0.15) is 0 Å². The Bertz CT molecular complexity index is 268. The zero-order valence-corrected chi connectivity index (χ0v) is 11.6. The van der Waals surface area contributed by atoms with E-state index in [1.807, 2.05) is 13.8 Å². The molecule has 1 unspecified atom stereocenters. The lowest BCUT2D eigenvalue weighted by molar-refractivity contribution is -0.134. The summed E-state index contributed by atoms with van der Waals surface area (Å²) in [5.41, 5.74) is 0. The van der Waals surface area contributed by atoms with Crippen molar-refractivity contribution < 1.29 is 14.3 Å². The first-order chi connectivity index (χ1) is 8.09. The zero-order chi connectivity index (χ0) is 12.7. The number of amides is 2. The SMILES string of the molecule is CC(C)NC(=O)CCNC(=O)C1CNCCO1.Cl. The number of rotatable bonds is 5. The minimum atomic E-state index is -0.433. The van der Waals surface area contributed by atoms with Crippen LogP contribution in [0.2, 0.25) is 0 Å². The Balaban J connectivity index is 0.00000289. The number of nitrogens with one attached hydrogen (secondary N) is 3. The molecule has 1 aliphatic rings. The molecule has 106 valence electrons. The van der Waals surface area contributed by atoms with Crippen molar-refractivity contribution in [2.24, 2.45) is 0 Å². The Morgan fingerprint density at radius 1 is 1.44 bits per heavy atom. The van der Waals surface area contributed by atoms with Crippen LogP contribution in [0.25, 0.3) is 0 Å². The van der Waals surface area contributed by atoms with Crippen molar-refractivity contribution in [3.05, 3.63) is 0 Å². The van der Waals surface area contributed by atoms with Gasteiger partial charge in [0, 0.05) is 32.1 Å². The highest BCUT2D eigenvalue weighted by atomic mass is 35.5. The van der Waals surface area contributed by atoms with Gasteiger partial charge in [0.1, 0.15) is 6.10 Å². The van der Waals surface area contributed by atoms with E-state index in [-0.39, 0.29) is 30.3 Å². The van der Waals surface area contributed by atoms with Crippen LogP contribution in [0.5, 0.6) is 0 Å². The Labute approximate surface area is 114 Å². The van der Waals surface area contributed by atoms with Crippen LogP contribution in [0.3, 0.4) is 0 Å². The second-order valence-electron chi connectivity index (χ2n) is 4.33. The molecule has 1 atom stereocenters. The second-order valence-corrected chi connectivity index (χ2v) is 4.33. The predicted molar refractivity (Wildman–Crippen MR) is 70.8 cm³/mol. The summed E-state index contributed by atoms with van der Waals surface area (Å²) in [5.74, 6) is -0.211. The van der Waals surface area contributed by atoms with Gasteiger partial charge in [-0.3, -0.25) is 9.59 Å². The monoisotopic (exact) mass is 279 g/mol. The minimum Gasteiger partial charge on any atom is -0.366 e. The summed E-state index contributed by atoms with van der Waals surface area (Å²) in [6, 6.07) is 0.129. The molecule has 0 saturated carbocycles. The van der Waals surface area contributed by atoms with E-state index in [1.165, 1.54) is 0 Å². The quantitative estimate of drug-likeness (QED) is 0.630. The maximum atomic E-state index is 11.6. The summed E-state index contributed by atoms with van der Waals surface area (Å²) in [7, 11) is 0. The average molecular weight is 280 g/mol. The number of carbonyl (C=O) groups excluding carboxylic acids is 2.